The molecule has 4 aromatic carbocycles. The Bertz CT molecular complexity index is 1410. The van der Waals surface area contributed by atoms with Gasteiger partial charge >= 0.3 is 0 Å². The minimum atomic E-state index is -0.451. The van der Waals surface area contributed by atoms with Crippen LogP contribution in [0.1, 0.15) is 21.6 Å². The van der Waals surface area contributed by atoms with Crippen LogP contribution >= 0.6 is 11.8 Å². The lowest BCUT2D eigenvalue weighted by molar-refractivity contribution is 0.0993. The van der Waals surface area contributed by atoms with E-state index in [9.17, 15) is 4.79 Å². The standard InChI is InChI=1S/C29H25N3OS/c30-29(33)27-28(34-24-9-5-2-6-10-24)25-16-13-21(17-26(25)32-27)19-31-18-20-11-14-23(15-12-20)22-7-3-1-4-8-22/h1-17,31-32H,18-19H2,(H2,30,33). The number of hydrogen-bond acceptors (Lipinski definition) is 3. The van der Waals surface area contributed by atoms with E-state index in [4.69, 9.17) is 5.73 Å². The number of primary amides is 1. The summed E-state index contributed by atoms with van der Waals surface area (Å²) in [6.45, 7) is 1.50. The zero-order chi connectivity index (χ0) is 23.3. The fourth-order valence-corrected chi connectivity index (χ4v) is 5.08. The Morgan fingerprint density at radius 3 is 2.09 bits per heavy atom. The summed E-state index contributed by atoms with van der Waals surface area (Å²) >= 11 is 1.55. The summed E-state index contributed by atoms with van der Waals surface area (Å²) in [4.78, 5) is 17.2. The Hall–Kier alpha value is -3.80. The molecule has 0 spiro atoms. The first-order chi connectivity index (χ1) is 16.7. The molecule has 1 aromatic heterocycles. The Morgan fingerprint density at radius 2 is 1.38 bits per heavy atom. The van der Waals surface area contributed by atoms with Crippen LogP contribution in [-0.4, -0.2) is 10.9 Å². The lowest BCUT2D eigenvalue weighted by Gasteiger charge is -2.07. The van der Waals surface area contributed by atoms with Gasteiger partial charge in [-0.2, -0.15) is 0 Å². The summed E-state index contributed by atoms with van der Waals surface area (Å²) in [6.07, 6.45) is 0. The number of carbonyl (C=O) groups is 1. The molecule has 0 atom stereocenters. The third-order valence-electron chi connectivity index (χ3n) is 5.74. The number of carbonyl (C=O) groups excluding carboxylic acids is 1. The Morgan fingerprint density at radius 1 is 0.765 bits per heavy atom. The second-order valence-electron chi connectivity index (χ2n) is 8.15. The Kier molecular flexibility index (Phi) is 6.47. The SMILES string of the molecule is NC(=O)c1[nH]c2cc(CNCc3ccc(-c4ccccc4)cc3)ccc2c1Sc1ccccc1. The number of aromatic amines is 1. The first-order valence-electron chi connectivity index (χ1n) is 11.2. The summed E-state index contributed by atoms with van der Waals surface area (Å²) in [7, 11) is 0. The van der Waals surface area contributed by atoms with Gasteiger partial charge in [0.1, 0.15) is 5.69 Å². The molecule has 5 rings (SSSR count). The molecule has 1 heterocycles. The number of fused-ring (bicyclic) bond motifs is 1. The van der Waals surface area contributed by atoms with Gasteiger partial charge in [0.25, 0.3) is 5.91 Å². The van der Waals surface area contributed by atoms with E-state index in [2.05, 4.69) is 77.0 Å². The fraction of sp³-hybridized carbons (Fsp3) is 0.0690. The molecule has 4 nitrogen and oxygen atoms in total. The molecule has 0 saturated carbocycles. The van der Waals surface area contributed by atoms with Crippen LogP contribution in [0.2, 0.25) is 0 Å². The van der Waals surface area contributed by atoms with Crippen LogP contribution in [0.5, 0.6) is 0 Å². The van der Waals surface area contributed by atoms with E-state index in [1.165, 1.54) is 16.7 Å². The molecular weight excluding hydrogens is 438 g/mol. The molecule has 0 saturated heterocycles. The third-order valence-corrected chi connectivity index (χ3v) is 6.88. The molecule has 0 aliphatic rings. The van der Waals surface area contributed by atoms with Gasteiger partial charge in [-0.25, -0.2) is 0 Å². The number of H-pyrrole nitrogens is 1. The van der Waals surface area contributed by atoms with Gasteiger partial charge in [-0.1, -0.05) is 96.7 Å². The van der Waals surface area contributed by atoms with Gasteiger partial charge in [0.05, 0.1) is 4.90 Å². The van der Waals surface area contributed by atoms with Crippen LogP contribution in [0.4, 0.5) is 0 Å². The number of nitrogens with two attached hydrogens (primary N) is 1. The number of amides is 1. The van der Waals surface area contributed by atoms with Crippen LogP contribution in [0.25, 0.3) is 22.0 Å². The normalized spacial score (nSPS) is 11.1. The van der Waals surface area contributed by atoms with E-state index in [0.717, 1.165) is 39.3 Å². The summed E-state index contributed by atoms with van der Waals surface area (Å²) < 4.78 is 0. The lowest BCUT2D eigenvalue weighted by Crippen LogP contribution is -2.12. The van der Waals surface area contributed by atoms with Crippen LogP contribution < -0.4 is 11.1 Å². The van der Waals surface area contributed by atoms with Crippen LogP contribution in [0.3, 0.4) is 0 Å². The molecule has 5 aromatic rings. The van der Waals surface area contributed by atoms with Crippen LogP contribution in [0.15, 0.2) is 113 Å². The number of aromatic nitrogens is 1. The van der Waals surface area contributed by atoms with Crippen molar-refractivity contribution in [1.29, 1.82) is 0 Å². The molecule has 5 heteroatoms. The van der Waals surface area contributed by atoms with Crippen molar-refractivity contribution in [2.75, 3.05) is 0 Å². The number of rotatable bonds is 8. The highest BCUT2D eigenvalue weighted by molar-refractivity contribution is 7.99. The maximum Gasteiger partial charge on any atom is 0.266 e. The largest absolute Gasteiger partial charge is 0.364 e. The molecule has 0 unspecified atom stereocenters. The van der Waals surface area contributed by atoms with Gasteiger partial charge in [0.15, 0.2) is 0 Å². The van der Waals surface area contributed by atoms with Crippen molar-refractivity contribution in [2.24, 2.45) is 5.73 Å². The maximum absolute atomic E-state index is 12.1. The maximum atomic E-state index is 12.1. The van der Waals surface area contributed by atoms with E-state index < -0.39 is 5.91 Å². The zero-order valence-electron chi connectivity index (χ0n) is 18.6. The third kappa shape index (κ3) is 4.91. The minimum Gasteiger partial charge on any atom is -0.364 e. The number of hydrogen-bond donors (Lipinski definition) is 3. The molecule has 4 N–H and O–H groups in total. The van der Waals surface area contributed by atoms with Gasteiger partial charge in [-0.3, -0.25) is 4.79 Å². The highest BCUT2D eigenvalue weighted by atomic mass is 32.2. The molecule has 1 amide bonds. The van der Waals surface area contributed by atoms with Crippen molar-refractivity contribution < 1.29 is 4.79 Å². The lowest BCUT2D eigenvalue weighted by atomic mass is 10.0. The van der Waals surface area contributed by atoms with E-state index in [1.807, 2.05) is 36.4 Å². The molecule has 34 heavy (non-hydrogen) atoms. The van der Waals surface area contributed by atoms with Gasteiger partial charge in [0, 0.05) is 28.9 Å². The first kappa shape index (κ1) is 22.0. The molecular formula is C29H25N3OS. The summed E-state index contributed by atoms with van der Waals surface area (Å²) in [5, 5.41) is 4.52. The second-order valence-corrected chi connectivity index (χ2v) is 9.24. The first-order valence-corrected chi connectivity index (χ1v) is 12.0. The van der Waals surface area contributed by atoms with Gasteiger partial charge in [-0.15, -0.1) is 0 Å². The van der Waals surface area contributed by atoms with E-state index in [0.29, 0.717) is 5.69 Å². The highest BCUT2D eigenvalue weighted by Gasteiger charge is 2.17. The van der Waals surface area contributed by atoms with Crippen LogP contribution in [0, 0.1) is 0 Å². The summed E-state index contributed by atoms with van der Waals surface area (Å²) in [5.74, 6) is -0.451. The summed E-state index contributed by atoms with van der Waals surface area (Å²) in [5.41, 5.74) is 11.9. The number of nitrogens with one attached hydrogen (secondary N) is 2. The summed E-state index contributed by atoms with van der Waals surface area (Å²) in [6, 6.07) is 35.3. The van der Waals surface area contributed by atoms with Gasteiger partial charge < -0.3 is 16.0 Å². The number of benzene rings is 4. The minimum absolute atomic E-state index is 0.451. The van der Waals surface area contributed by atoms with Crippen molar-refractivity contribution >= 4 is 28.6 Å². The predicted octanol–water partition coefficient (Wildman–Crippen LogP) is 6.37. The molecule has 0 aliphatic heterocycles. The topological polar surface area (TPSA) is 70.9 Å². The van der Waals surface area contributed by atoms with Crippen molar-refractivity contribution in [3.63, 3.8) is 0 Å². The van der Waals surface area contributed by atoms with E-state index >= 15 is 0 Å². The van der Waals surface area contributed by atoms with Crippen molar-refractivity contribution in [2.45, 2.75) is 22.9 Å². The monoisotopic (exact) mass is 463 g/mol. The molecule has 0 radical (unpaired) electrons. The smallest absolute Gasteiger partial charge is 0.266 e. The molecule has 0 aliphatic carbocycles. The zero-order valence-corrected chi connectivity index (χ0v) is 19.4. The van der Waals surface area contributed by atoms with E-state index in [-0.39, 0.29) is 0 Å². The highest BCUT2D eigenvalue weighted by Crippen LogP contribution is 2.36. The van der Waals surface area contributed by atoms with Gasteiger partial charge in [0.2, 0.25) is 0 Å². The molecule has 168 valence electrons. The quantitative estimate of drug-likeness (QED) is 0.250. The Balaban J connectivity index is 1.28. The predicted molar refractivity (Wildman–Crippen MR) is 140 cm³/mol. The molecule has 0 fully saturated rings. The van der Waals surface area contributed by atoms with Crippen molar-refractivity contribution in [1.82, 2.24) is 10.3 Å². The molecule has 0 bridgehead atoms. The fourth-order valence-electron chi connectivity index (χ4n) is 4.01. The average Bonchev–Trinajstić information content (AvgIpc) is 3.23. The van der Waals surface area contributed by atoms with Crippen molar-refractivity contribution in [3.05, 3.63) is 120 Å². The van der Waals surface area contributed by atoms with E-state index in [1.54, 1.807) is 11.8 Å². The van der Waals surface area contributed by atoms with Crippen molar-refractivity contribution in [3.8, 4) is 11.1 Å². The Labute approximate surface area is 203 Å². The second kappa shape index (κ2) is 10.00. The van der Waals surface area contributed by atoms with Gasteiger partial charge in [-0.05, 0) is 40.5 Å². The average molecular weight is 464 g/mol. The van der Waals surface area contributed by atoms with Crippen LogP contribution in [-0.2, 0) is 13.1 Å².